The second kappa shape index (κ2) is 7.67. The Morgan fingerprint density at radius 3 is 2.78 bits per heavy atom. The van der Waals surface area contributed by atoms with E-state index >= 15 is 0 Å². The third kappa shape index (κ3) is 4.74. The molecule has 2 rings (SSSR count). The molecular formula is C17H20O6. The van der Waals surface area contributed by atoms with Gasteiger partial charge in [0.05, 0.1) is 13.0 Å². The monoisotopic (exact) mass is 320 g/mol. The molecule has 0 heterocycles. The van der Waals surface area contributed by atoms with E-state index in [4.69, 9.17) is 14.6 Å². The molecule has 1 aromatic carbocycles. The number of carbonyl (C=O) groups is 2. The maximum Gasteiger partial charge on any atom is 0.331 e. The average molecular weight is 320 g/mol. The number of carboxylic acids is 1. The molecule has 0 saturated heterocycles. The number of phenolic OH excluding ortho intramolecular Hbond substituents is 1. The topological polar surface area (TPSA) is 93.1 Å². The van der Waals surface area contributed by atoms with Crippen molar-refractivity contribution in [3.05, 3.63) is 29.8 Å². The molecule has 0 amide bonds. The van der Waals surface area contributed by atoms with Crippen molar-refractivity contribution in [1.29, 1.82) is 0 Å². The Labute approximate surface area is 134 Å². The minimum Gasteiger partial charge on any atom is -0.504 e. The van der Waals surface area contributed by atoms with Crippen LogP contribution in [0.25, 0.3) is 6.08 Å². The third-order valence-electron chi connectivity index (χ3n) is 3.87. The lowest BCUT2D eigenvalue weighted by atomic mass is 9.87. The van der Waals surface area contributed by atoms with Gasteiger partial charge in [-0.2, -0.15) is 0 Å². The maximum absolute atomic E-state index is 11.8. The third-order valence-corrected chi connectivity index (χ3v) is 3.87. The Morgan fingerprint density at radius 1 is 1.30 bits per heavy atom. The number of methoxy groups -OCH3 is 1. The fourth-order valence-corrected chi connectivity index (χ4v) is 2.64. The van der Waals surface area contributed by atoms with Crippen molar-refractivity contribution in [3.63, 3.8) is 0 Å². The van der Waals surface area contributed by atoms with Gasteiger partial charge in [-0.25, -0.2) is 4.79 Å². The van der Waals surface area contributed by atoms with E-state index in [1.807, 2.05) is 0 Å². The molecule has 1 aliphatic rings. The number of phenols is 1. The SMILES string of the molecule is COc1cc(/C=C/C(=O)OC2CCCC(C(=O)O)C2)ccc1O. The highest BCUT2D eigenvalue weighted by atomic mass is 16.5. The number of hydrogen-bond donors (Lipinski definition) is 2. The molecule has 1 fully saturated rings. The molecule has 2 unspecified atom stereocenters. The second-order valence-corrected chi connectivity index (χ2v) is 5.53. The number of hydrogen-bond acceptors (Lipinski definition) is 5. The van der Waals surface area contributed by atoms with E-state index in [9.17, 15) is 14.7 Å². The first-order valence-electron chi connectivity index (χ1n) is 7.48. The first-order chi connectivity index (χ1) is 11.0. The zero-order chi connectivity index (χ0) is 16.8. The molecule has 0 radical (unpaired) electrons. The van der Waals surface area contributed by atoms with E-state index in [0.29, 0.717) is 30.6 Å². The van der Waals surface area contributed by atoms with E-state index < -0.39 is 17.9 Å². The van der Waals surface area contributed by atoms with Crippen LogP contribution in [0, 0.1) is 5.92 Å². The summed E-state index contributed by atoms with van der Waals surface area (Å²) in [6, 6.07) is 4.71. The predicted octanol–water partition coefficient (Wildman–Crippen LogP) is 2.60. The summed E-state index contributed by atoms with van der Waals surface area (Å²) in [6.45, 7) is 0. The highest BCUT2D eigenvalue weighted by Crippen LogP contribution is 2.28. The van der Waals surface area contributed by atoms with E-state index in [-0.39, 0.29) is 11.9 Å². The first kappa shape index (κ1) is 16.9. The standard InChI is InChI=1S/C17H20O6/c1-22-15-9-11(5-7-14(15)18)6-8-16(19)23-13-4-2-3-12(10-13)17(20)21/h5-9,12-13,18H,2-4,10H2,1H3,(H,20,21)/b8-6+. The number of carboxylic acid groups (broad SMARTS) is 1. The van der Waals surface area contributed by atoms with Crippen molar-refractivity contribution in [3.8, 4) is 11.5 Å². The molecule has 2 atom stereocenters. The molecule has 0 aromatic heterocycles. The lowest BCUT2D eigenvalue weighted by molar-refractivity contribution is -0.151. The predicted molar refractivity (Wildman–Crippen MR) is 83.2 cm³/mol. The molecule has 2 N–H and O–H groups in total. The number of aliphatic carboxylic acids is 1. The Hall–Kier alpha value is -2.50. The average Bonchev–Trinajstić information content (AvgIpc) is 2.54. The van der Waals surface area contributed by atoms with Gasteiger partial charge in [-0.1, -0.05) is 6.07 Å². The smallest absolute Gasteiger partial charge is 0.331 e. The van der Waals surface area contributed by atoms with Gasteiger partial charge in [0.15, 0.2) is 11.5 Å². The Bertz CT molecular complexity index is 607. The van der Waals surface area contributed by atoms with Crippen LogP contribution in [0.15, 0.2) is 24.3 Å². The van der Waals surface area contributed by atoms with Gasteiger partial charge >= 0.3 is 11.9 Å². The summed E-state index contributed by atoms with van der Waals surface area (Å²) in [4.78, 5) is 22.8. The van der Waals surface area contributed by atoms with Gasteiger partial charge in [0.2, 0.25) is 0 Å². The highest BCUT2D eigenvalue weighted by molar-refractivity contribution is 5.87. The number of aromatic hydroxyl groups is 1. The zero-order valence-corrected chi connectivity index (χ0v) is 12.9. The van der Waals surface area contributed by atoms with E-state index in [1.165, 1.54) is 19.3 Å². The van der Waals surface area contributed by atoms with Crippen molar-refractivity contribution in [2.24, 2.45) is 5.92 Å². The molecule has 6 heteroatoms. The van der Waals surface area contributed by atoms with Crippen LogP contribution in [-0.2, 0) is 14.3 Å². The van der Waals surface area contributed by atoms with Gasteiger partial charge in [0.25, 0.3) is 0 Å². The van der Waals surface area contributed by atoms with Gasteiger partial charge < -0.3 is 19.7 Å². The van der Waals surface area contributed by atoms with Crippen LogP contribution in [0.3, 0.4) is 0 Å². The molecule has 23 heavy (non-hydrogen) atoms. The summed E-state index contributed by atoms with van der Waals surface area (Å²) in [5, 5.41) is 18.5. The summed E-state index contributed by atoms with van der Waals surface area (Å²) in [6.07, 6.45) is 4.92. The van der Waals surface area contributed by atoms with Crippen LogP contribution in [0.2, 0.25) is 0 Å². The van der Waals surface area contributed by atoms with Gasteiger partial charge in [-0.3, -0.25) is 4.79 Å². The molecule has 0 spiro atoms. The van der Waals surface area contributed by atoms with Crippen LogP contribution >= 0.6 is 0 Å². The largest absolute Gasteiger partial charge is 0.504 e. The number of rotatable bonds is 5. The van der Waals surface area contributed by atoms with Crippen molar-refractivity contribution >= 4 is 18.0 Å². The minimum atomic E-state index is -0.836. The van der Waals surface area contributed by atoms with E-state index in [0.717, 1.165) is 6.42 Å². The van der Waals surface area contributed by atoms with Gasteiger partial charge in [-0.15, -0.1) is 0 Å². The van der Waals surface area contributed by atoms with Crippen LogP contribution in [-0.4, -0.2) is 35.4 Å². The molecular weight excluding hydrogens is 300 g/mol. The fraction of sp³-hybridized carbons (Fsp3) is 0.412. The van der Waals surface area contributed by atoms with Crippen molar-refractivity contribution in [2.75, 3.05) is 7.11 Å². The highest BCUT2D eigenvalue weighted by Gasteiger charge is 2.28. The van der Waals surface area contributed by atoms with Crippen LogP contribution < -0.4 is 4.74 Å². The zero-order valence-electron chi connectivity index (χ0n) is 12.9. The maximum atomic E-state index is 11.8. The number of ether oxygens (including phenoxy) is 2. The number of carbonyl (C=O) groups excluding carboxylic acids is 1. The second-order valence-electron chi connectivity index (χ2n) is 5.53. The van der Waals surface area contributed by atoms with Crippen LogP contribution in [0.4, 0.5) is 0 Å². The van der Waals surface area contributed by atoms with Crippen molar-refractivity contribution in [1.82, 2.24) is 0 Å². The Morgan fingerprint density at radius 2 is 2.09 bits per heavy atom. The summed E-state index contributed by atoms with van der Waals surface area (Å²) in [5.41, 5.74) is 0.684. The molecule has 0 bridgehead atoms. The Kier molecular flexibility index (Phi) is 5.62. The van der Waals surface area contributed by atoms with Gasteiger partial charge in [0.1, 0.15) is 6.10 Å². The van der Waals surface area contributed by atoms with Crippen molar-refractivity contribution in [2.45, 2.75) is 31.8 Å². The lowest BCUT2D eigenvalue weighted by Crippen LogP contribution is -2.28. The van der Waals surface area contributed by atoms with Gasteiger partial charge in [-0.05, 0) is 49.5 Å². The van der Waals surface area contributed by atoms with Crippen LogP contribution in [0.1, 0.15) is 31.2 Å². The summed E-state index contributed by atoms with van der Waals surface area (Å²) >= 11 is 0. The molecule has 0 aliphatic heterocycles. The normalized spacial score (nSPS) is 21.1. The number of esters is 1. The first-order valence-corrected chi connectivity index (χ1v) is 7.48. The number of benzene rings is 1. The molecule has 1 saturated carbocycles. The molecule has 1 aliphatic carbocycles. The van der Waals surface area contributed by atoms with Gasteiger partial charge in [0, 0.05) is 6.08 Å². The fourth-order valence-electron chi connectivity index (χ4n) is 2.64. The quantitative estimate of drug-likeness (QED) is 0.640. The van der Waals surface area contributed by atoms with Crippen molar-refractivity contribution < 1.29 is 29.3 Å². The van der Waals surface area contributed by atoms with E-state index in [2.05, 4.69) is 0 Å². The van der Waals surface area contributed by atoms with Crippen LogP contribution in [0.5, 0.6) is 11.5 Å². The Balaban J connectivity index is 1.92. The molecule has 1 aromatic rings. The minimum absolute atomic E-state index is 0.0224. The van der Waals surface area contributed by atoms with E-state index in [1.54, 1.807) is 18.2 Å². The lowest BCUT2D eigenvalue weighted by Gasteiger charge is -2.25. The molecule has 124 valence electrons. The summed E-state index contributed by atoms with van der Waals surface area (Å²) in [7, 11) is 1.44. The summed E-state index contributed by atoms with van der Waals surface area (Å²) < 4.78 is 10.3. The molecule has 6 nitrogen and oxygen atoms in total. The summed E-state index contributed by atoms with van der Waals surface area (Å²) in [5.74, 6) is -1.44.